The largest absolute Gasteiger partial charge is 0.441 e. The van der Waals surface area contributed by atoms with Crippen molar-refractivity contribution in [2.24, 2.45) is 5.92 Å². The first kappa shape index (κ1) is 15.3. The van der Waals surface area contributed by atoms with Gasteiger partial charge in [-0.1, -0.05) is 24.6 Å². The number of amides is 2. The normalized spacial score (nSPS) is 22.0. The van der Waals surface area contributed by atoms with Crippen LogP contribution >= 0.6 is 11.6 Å². The molecular formula is C18H18ClN3O2. The van der Waals surface area contributed by atoms with Crippen molar-refractivity contribution in [1.29, 1.82) is 0 Å². The number of rotatable bonds is 2. The fourth-order valence-electron chi connectivity index (χ4n) is 3.44. The van der Waals surface area contributed by atoms with E-state index in [9.17, 15) is 4.79 Å². The number of urea groups is 1. The average molecular weight is 344 g/mol. The molecule has 1 aromatic heterocycles. The highest BCUT2D eigenvalue weighted by Crippen LogP contribution is 2.40. The van der Waals surface area contributed by atoms with Crippen LogP contribution in [0.3, 0.4) is 0 Å². The summed E-state index contributed by atoms with van der Waals surface area (Å²) in [5, 5.41) is 3.48. The van der Waals surface area contributed by atoms with Crippen molar-refractivity contribution >= 4 is 23.3 Å². The predicted molar refractivity (Wildman–Crippen MR) is 92.8 cm³/mol. The van der Waals surface area contributed by atoms with Gasteiger partial charge < -0.3 is 9.73 Å². The van der Waals surface area contributed by atoms with Gasteiger partial charge in [0, 0.05) is 23.8 Å². The molecule has 1 unspecified atom stereocenters. The van der Waals surface area contributed by atoms with Crippen LogP contribution in [0, 0.1) is 12.8 Å². The summed E-state index contributed by atoms with van der Waals surface area (Å²) in [5.74, 6) is 1.72. The molecule has 1 aromatic carbocycles. The van der Waals surface area contributed by atoms with Crippen LogP contribution in [0.15, 0.2) is 40.6 Å². The fraction of sp³-hybridized carbons (Fsp3) is 0.333. The second-order valence-electron chi connectivity index (χ2n) is 6.50. The number of carbonyl (C=O) groups excluding carboxylic acids is 1. The lowest BCUT2D eigenvalue weighted by Gasteiger charge is -2.48. The number of fused-ring (bicyclic) bond motifs is 2. The van der Waals surface area contributed by atoms with Crippen LogP contribution in [0.1, 0.15) is 25.5 Å². The van der Waals surface area contributed by atoms with Crippen molar-refractivity contribution in [1.82, 2.24) is 9.88 Å². The molecule has 2 bridgehead atoms. The summed E-state index contributed by atoms with van der Waals surface area (Å²) >= 11 is 6.24. The molecule has 5 nitrogen and oxygen atoms in total. The molecule has 1 fully saturated rings. The molecule has 0 radical (unpaired) electrons. The first-order valence-electron chi connectivity index (χ1n) is 8.04. The maximum atomic E-state index is 12.6. The molecule has 2 atom stereocenters. The van der Waals surface area contributed by atoms with Gasteiger partial charge in [-0.05, 0) is 37.5 Å². The quantitative estimate of drug-likeness (QED) is 0.849. The Labute approximate surface area is 145 Å². The highest BCUT2D eigenvalue weighted by Gasteiger charge is 2.41. The second-order valence-corrected chi connectivity index (χ2v) is 6.91. The Hall–Kier alpha value is -2.27. The van der Waals surface area contributed by atoms with Gasteiger partial charge in [0.1, 0.15) is 5.76 Å². The molecule has 2 amide bonds. The van der Waals surface area contributed by atoms with E-state index in [1.165, 1.54) is 0 Å². The fourth-order valence-corrected chi connectivity index (χ4v) is 3.64. The van der Waals surface area contributed by atoms with E-state index in [0.717, 1.165) is 18.5 Å². The number of aryl methyl sites for hydroxylation is 1. The topological polar surface area (TPSA) is 58.4 Å². The summed E-state index contributed by atoms with van der Waals surface area (Å²) in [6.07, 6.45) is 5.85. The van der Waals surface area contributed by atoms with E-state index in [1.54, 1.807) is 24.4 Å². The Morgan fingerprint density at radius 1 is 1.46 bits per heavy atom. The standard InChI is InChI=1S/C18H18ClN3O2/c1-10-5-13-8-14(6-10)22(13)18(23)21-12-3-4-16(19)15(7-12)17-20-9-11(2)24-17/h3-5,7,9-10,14H,6,8H2,1-2H3,(H,21,23)/t10-,14?/m1/s1. The van der Waals surface area contributed by atoms with E-state index < -0.39 is 0 Å². The molecule has 1 N–H and O–H groups in total. The summed E-state index contributed by atoms with van der Waals surface area (Å²) in [7, 11) is 0. The van der Waals surface area contributed by atoms with Gasteiger partial charge in [-0.2, -0.15) is 0 Å². The number of carbonyl (C=O) groups is 1. The Balaban J connectivity index is 1.55. The minimum Gasteiger partial charge on any atom is -0.441 e. The number of benzene rings is 1. The lowest BCUT2D eigenvalue weighted by atomic mass is 9.82. The van der Waals surface area contributed by atoms with Gasteiger partial charge >= 0.3 is 6.03 Å². The number of halogens is 1. The Bertz CT molecular complexity index is 843. The van der Waals surface area contributed by atoms with Gasteiger partial charge in [-0.15, -0.1) is 0 Å². The van der Waals surface area contributed by atoms with Gasteiger partial charge in [0.15, 0.2) is 0 Å². The van der Waals surface area contributed by atoms with Gasteiger partial charge in [0.25, 0.3) is 0 Å². The van der Waals surface area contributed by atoms with E-state index in [0.29, 0.717) is 39.9 Å². The van der Waals surface area contributed by atoms with Crippen molar-refractivity contribution in [2.45, 2.75) is 32.7 Å². The minimum atomic E-state index is -0.0961. The van der Waals surface area contributed by atoms with E-state index in [4.69, 9.17) is 16.0 Å². The van der Waals surface area contributed by atoms with Crippen molar-refractivity contribution < 1.29 is 9.21 Å². The molecular weight excluding hydrogens is 326 g/mol. The Morgan fingerprint density at radius 2 is 2.29 bits per heavy atom. The summed E-state index contributed by atoms with van der Waals surface area (Å²) in [5.41, 5.74) is 2.46. The third kappa shape index (κ3) is 2.59. The Morgan fingerprint density at radius 3 is 2.96 bits per heavy atom. The van der Waals surface area contributed by atoms with Crippen LogP contribution in [0.2, 0.25) is 5.02 Å². The van der Waals surface area contributed by atoms with Crippen LogP contribution in [0.5, 0.6) is 0 Å². The van der Waals surface area contributed by atoms with Crippen LogP contribution < -0.4 is 5.32 Å². The van der Waals surface area contributed by atoms with Crippen LogP contribution in [0.25, 0.3) is 11.5 Å². The lowest BCUT2D eigenvalue weighted by Crippen LogP contribution is -2.53. The van der Waals surface area contributed by atoms with Gasteiger partial charge in [-0.3, -0.25) is 4.90 Å². The van der Waals surface area contributed by atoms with Crippen LogP contribution in [-0.2, 0) is 0 Å². The van der Waals surface area contributed by atoms with E-state index in [2.05, 4.69) is 23.3 Å². The highest BCUT2D eigenvalue weighted by atomic mass is 35.5. The van der Waals surface area contributed by atoms with Crippen LogP contribution in [-0.4, -0.2) is 22.0 Å². The molecule has 124 valence electrons. The third-order valence-electron chi connectivity index (χ3n) is 4.53. The molecule has 4 rings (SSSR count). The van der Waals surface area contributed by atoms with Crippen LogP contribution in [0.4, 0.5) is 10.5 Å². The summed E-state index contributed by atoms with van der Waals surface area (Å²) in [6, 6.07) is 5.54. The van der Waals surface area contributed by atoms with E-state index >= 15 is 0 Å². The summed E-state index contributed by atoms with van der Waals surface area (Å²) < 4.78 is 5.53. The number of aromatic nitrogens is 1. The smallest absolute Gasteiger partial charge is 0.326 e. The molecule has 1 saturated heterocycles. The molecule has 3 heterocycles. The van der Waals surface area contributed by atoms with E-state index in [1.807, 2.05) is 11.8 Å². The first-order valence-corrected chi connectivity index (χ1v) is 8.42. The molecule has 24 heavy (non-hydrogen) atoms. The van der Waals surface area contributed by atoms with Crippen molar-refractivity contribution in [3.8, 4) is 11.5 Å². The average Bonchev–Trinajstić information content (AvgIpc) is 2.95. The van der Waals surface area contributed by atoms with Gasteiger partial charge in [-0.25, -0.2) is 9.78 Å². The molecule has 2 aliphatic rings. The number of nitrogens with one attached hydrogen (secondary N) is 1. The number of hydrogen-bond donors (Lipinski definition) is 1. The Kier molecular flexibility index (Phi) is 3.61. The zero-order valence-electron chi connectivity index (χ0n) is 13.5. The van der Waals surface area contributed by atoms with Crippen molar-refractivity contribution in [3.63, 3.8) is 0 Å². The van der Waals surface area contributed by atoms with Crippen molar-refractivity contribution in [2.75, 3.05) is 5.32 Å². The van der Waals surface area contributed by atoms with Gasteiger partial charge in [0.2, 0.25) is 5.89 Å². The molecule has 0 spiro atoms. The zero-order chi connectivity index (χ0) is 16.8. The maximum Gasteiger partial charge on any atom is 0.326 e. The van der Waals surface area contributed by atoms with Gasteiger partial charge in [0.05, 0.1) is 16.8 Å². The molecule has 2 aromatic rings. The van der Waals surface area contributed by atoms with E-state index in [-0.39, 0.29) is 6.03 Å². The number of hydrogen-bond acceptors (Lipinski definition) is 3. The highest BCUT2D eigenvalue weighted by molar-refractivity contribution is 6.33. The summed E-state index contributed by atoms with van der Waals surface area (Å²) in [4.78, 5) is 18.6. The molecule has 6 heteroatoms. The minimum absolute atomic E-state index is 0.0961. The summed E-state index contributed by atoms with van der Waals surface area (Å²) in [6.45, 7) is 4.01. The molecule has 0 saturated carbocycles. The zero-order valence-corrected chi connectivity index (χ0v) is 14.3. The second kappa shape index (κ2) is 5.67. The lowest BCUT2D eigenvalue weighted by molar-refractivity contribution is 0.142. The van der Waals surface area contributed by atoms with Crippen molar-refractivity contribution in [3.05, 3.63) is 47.0 Å². The maximum absolute atomic E-state index is 12.6. The number of allylic oxidation sites excluding steroid dienone is 1. The molecule has 2 aliphatic heterocycles. The first-order chi connectivity index (χ1) is 11.5. The monoisotopic (exact) mass is 343 g/mol. The third-order valence-corrected chi connectivity index (χ3v) is 4.86. The predicted octanol–water partition coefficient (Wildman–Crippen LogP) is 4.83. The SMILES string of the molecule is Cc1cnc(-c2cc(NC(=O)N3C4=C[C@@H](C)CC3C4)ccc2Cl)o1. The number of nitrogens with zero attached hydrogens (tertiary/aromatic N) is 2. The number of oxazole rings is 1. The molecule has 0 aliphatic carbocycles. The number of anilines is 1.